The SMILES string of the molecule is COCC(=O)N1C=C(c2ccccc2)N(C(Cc2ccccc2)(NC(C)=O)C(=O)C(F)(F)F)C(=O)[C@H]1C(C)C. The van der Waals surface area contributed by atoms with Gasteiger partial charge in [-0.2, -0.15) is 13.2 Å². The number of hydrogen-bond acceptors (Lipinski definition) is 5. The second-order valence-corrected chi connectivity index (χ2v) is 9.51. The van der Waals surface area contributed by atoms with Gasteiger partial charge >= 0.3 is 6.18 Å². The molecule has 0 aliphatic carbocycles. The topological polar surface area (TPSA) is 96.0 Å². The molecule has 2 atom stereocenters. The van der Waals surface area contributed by atoms with Crippen LogP contribution in [0.5, 0.6) is 0 Å². The van der Waals surface area contributed by atoms with Crippen LogP contribution in [0, 0.1) is 5.92 Å². The largest absolute Gasteiger partial charge is 0.454 e. The van der Waals surface area contributed by atoms with Crippen LogP contribution in [0.4, 0.5) is 13.2 Å². The van der Waals surface area contributed by atoms with Crippen LogP contribution < -0.4 is 5.32 Å². The van der Waals surface area contributed by atoms with E-state index in [1.54, 1.807) is 50.2 Å². The number of alkyl halides is 3. The number of nitrogens with one attached hydrogen (secondary N) is 1. The summed E-state index contributed by atoms with van der Waals surface area (Å²) < 4.78 is 48.0. The maximum atomic E-state index is 14.3. The molecule has 3 amide bonds. The molecule has 0 aromatic heterocycles. The van der Waals surface area contributed by atoms with E-state index >= 15 is 0 Å². The van der Waals surface area contributed by atoms with Gasteiger partial charge in [-0.15, -0.1) is 0 Å². The summed E-state index contributed by atoms with van der Waals surface area (Å²) >= 11 is 0. The molecule has 0 saturated heterocycles. The van der Waals surface area contributed by atoms with Crippen molar-refractivity contribution < 1.29 is 37.1 Å². The molecule has 39 heavy (non-hydrogen) atoms. The van der Waals surface area contributed by atoms with Gasteiger partial charge in [-0.05, 0) is 17.0 Å². The summed E-state index contributed by atoms with van der Waals surface area (Å²) in [4.78, 5) is 55.0. The van der Waals surface area contributed by atoms with Crippen LogP contribution in [0.3, 0.4) is 0 Å². The number of carbonyl (C=O) groups is 4. The normalized spacial score (nSPS) is 17.5. The molecule has 1 N–H and O–H groups in total. The Labute approximate surface area is 224 Å². The lowest BCUT2D eigenvalue weighted by molar-refractivity contribution is -0.187. The fourth-order valence-corrected chi connectivity index (χ4v) is 4.71. The van der Waals surface area contributed by atoms with Gasteiger partial charge in [0.2, 0.25) is 5.91 Å². The van der Waals surface area contributed by atoms with Crippen molar-refractivity contribution in [2.45, 2.75) is 45.1 Å². The van der Waals surface area contributed by atoms with E-state index in [-0.39, 0.29) is 16.8 Å². The summed E-state index contributed by atoms with van der Waals surface area (Å²) in [6, 6.07) is 14.4. The van der Waals surface area contributed by atoms with Gasteiger partial charge in [0.25, 0.3) is 17.6 Å². The highest BCUT2D eigenvalue weighted by Gasteiger charge is 2.61. The van der Waals surface area contributed by atoms with Gasteiger partial charge in [-0.1, -0.05) is 74.5 Å². The summed E-state index contributed by atoms with van der Waals surface area (Å²) in [5, 5.41) is 2.20. The van der Waals surface area contributed by atoms with Crippen LogP contribution in [0.25, 0.3) is 5.70 Å². The molecule has 8 nitrogen and oxygen atoms in total. The van der Waals surface area contributed by atoms with Gasteiger partial charge in [0.1, 0.15) is 12.6 Å². The number of hydrogen-bond donors (Lipinski definition) is 1. The lowest BCUT2D eigenvalue weighted by atomic mass is 9.87. The molecule has 2 aromatic carbocycles. The predicted molar refractivity (Wildman–Crippen MR) is 136 cm³/mol. The van der Waals surface area contributed by atoms with E-state index in [2.05, 4.69) is 5.32 Å². The van der Waals surface area contributed by atoms with Gasteiger partial charge in [0.15, 0.2) is 5.66 Å². The second-order valence-electron chi connectivity index (χ2n) is 9.51. The van der Waals surface area contributed by atoms with E-state index in [0.717, 1.165) is 11.8 Å². The molecular formula is C28H30F3N3O5. The highest BCUT2D eigenvalue weighted by Crippen LogP contribution is 2.39. The summed E-state index contributed by atoms with van der Waals surface area (Å²) in [6.45, 7) is 3.82. The molecule has 3 rings (SSSR count). The Hall–Kier alpha value is -3.99. The van der Waals surface area contributed by atoms with E-state index < -0.39 is 60.3 Å². The van der Waals surface area contributed by atoms with Crippen LogP contribution in [-0.4, -0.2) is 64.9 Å². The Morgan fingerprint density at radius 1 is 1.00 bits per heavy atom. The lowest BCUT2D eigenvalue weighted by Crippen LogP contribution is -2.73. The van der Waals surface area contributed by atoms with Gasteiger partial charge in [0, 0.05) is 26.7 Å². The third kappa shape index (κ3) is 6.19. The average Bonchev–Trinajstić information content (AvgIpc) is 2.87. The first-order valence-electron chi connectivity index (χ1n) is 12.2. The minimum Gasteiger partial charge on any atom is -0.375 e. The Balaban J connectivity index is 2.42. The molecule has 0 bridgehead atoms. The molecule has 1 unspecified atom stereocenters. The molecule has 11 heteroatoms. The first kappa shape index (κ1) is 29.6. The van der Waals surface area contributed by atoms with Crippen molar-refractivity contribution in [3.63, 3.8) is 0 Å². The van der Waals surface area contributed by atoms with Crippen molar-refractivity contribution in [1.29, 1.82) is 0 Å². The third-order valence-electron chi connectivity index (χ3n) is 6.23. The van der Waals surface area contributed by atoms with E-state index in [1.807, 2.05) is 0 Å². The second kappa shape index (κ2) is 11.8. The summed E-state index contributed by atoms with van der Waals surface area (Å²) in [5.41, 5.74) is -2.54. The fourth-order valence-electron chi connectivity index (χ4n) is 4.71. The first-order chi connectivity index (χ1) is 18.3. The third-order valence-corrected chi connectivity index (χ3v) is 6.23. The van der Waals surface area contributed by atoms with Crippen molar-refractivity contribution in [2.24, 2.45) is 5.92 Å². The number of ether oxygens (including phenoxy) is 1. The fraction of sp³-hybridized carbons (Fsp3) is 0.357. The number of rotatable bonds is 9. The van der Waals surface area contributed by atoms with Gasteiger partial charge in [0.05, 0.1) is 5.70 Å². The van der Waals surface area contributed by atoms with Crippen molar-refractivity contribution in [1.82, 2.24) is 15.1 Å². The van der Waals surface area contributed by atoms with E-state index in [0.29, 0.717) is 4.90 Å². The van der Waals surface area contributed by atoms with Crippen LogP contribution in [-0.2, 0) is 30.3 Å². The number of Topliss-reactive ketones (excluding diaryl/α,β-unsaturated/α-hetero) is 1. The van der Waals surface area contributed by atoms with Crippen molar-refractivity contribution >= 4 is 29.2 Å². The first-order valence-corrected chi connectivity index (χ1v) is 12.2. The molecule has 0 fully saturated rings. The number of ketones is 1. The summed E-state index contributed by atoms with van der Waals surface area (Å²) in [5.74, 6) is -5.43. The quantitative estimate of drug-likeness (QED) is 0.520. The minimum atomic E-state index is -5.43. The molecule has 1 heterocycles. The highest BCUT2D eigenvalue weighted by molar-refractivity contribution is 6.05. The number of methoxy groups -OCH3 is 1. The zero-order chi connectivity index (χ0) is 29.0. The molecule has 0 radical (unpaired) electrons. The number of nitrogens with zero attached hydrogens (tertiary/aromatic N) is 2. The van der Waals surface area contributed by atoms with Crippen LogP contribution >= 0.6 is 0 Å². The number of benzene rings is 2. The van der Waals surface area contributed by atoms with Gasteiger partial charge in [-0.3, -0.25) is 24.1 Å². The molecular weight excluding hydrogens is 515 g/mol. The van der Waals surface area contributed by atoms with Crippen molar-refractivity contribution in [3.05, 3.63) is 78.0 Å². The zero-order valence-corrected chi connectivity index (χ0v) is 22.0. The number of amides is 3. The van der Waals surface area contributed by atoms with Crippen molar-refractivity contribution in [3.8, 4) is 0 Å². The molecule has 2 aromatic rings. The smallest absolute Gasteiger partial charge is 0.375 e. The highest BCUT2D eigenvalue weighted by atomic mass is 19.4. The summed E-state index contributed by atoms with van der Waals surface area (Å²) in [7, 11) is 1.30. The lowest BCUT2D eigenvalue weighted by Gasteiger charge is -2.49. The molecule has 0 saturated carbocycles. The maximum Gasteiger partial charge on any atom is 0.454 e. The van der Waals surface area contributed by atoms with Crippen LogP contribution in [0.2, 0.25) is 0 Å². The minimum absolute atomic E-state index is 0.163. The molecule has 1 aliphatic heterocycles. The Bertz CT molecular complexity index is 1250. The van der Waals surface area contributed by atoms with E-state index in [4.69, 9.17) is 4.74 Å². The maximum absolute atomic E-state index is 14.3. The van der Waals surface area contributed by atoms with Gasteiger partial charge in [-0.25, -0.2) is 0 Å². The standard InChI is InChI=1S/C28H30F3N3O5/c1-18(2)24-25(37)34(22(21-13-9-6-10-14-21)16-33(24)23(36)17-39-4)27(32-19(3)35,26(38)28(29,30)31)15-20-11-7-5-8-12-20/h5-14,16,18,24H,15,17H2,1-4H3,(H,32,35)/t24-,27?/m1/s1. The van der Waals surface area contributed by atoms with Crippen LogP contribution in [0.15, 0.2) is 66.9 Å². The zero-order valence-electron chi connectivity index (χ0n) is 22.0. The van der Waals surface area contributed by atoms with E-state index in [1.165, 1.54) is 37.6 Å². The monoisotopic (exact) mass is 545 g/mol. The molecule has 1 aliphatic rings. The van der Waals surface area contributed by atoms with E-state index in [9.17, 15) is 32.3 Å². The average molecular weight is 546 g/mol. The predicted octanol–water partition coefficient (Wildman–Crippen LogP) is 3.53. The Morgan fingerprint density at radius 2 is 1.56 bits per heavy atom. The van der Waals surface area contributed by atoms with Crippen LogP contribution in [0.1, 0.15) is 31.9 Å². The molecule has 208 valence electrons. The van der Waals surface area contributed by atoms with Gasteiger partial charge < -0.3 is 15.0 Å². The van der Waals surface area contributed by atoms with Crippen molar-refractivity contribution in [2.75, 3.05) is 13.7 Å². The number of halogens is 3. The molecule has 0 spiro atoms. The Kier molecular flexibility index (Phi) is 8.96. The Morgan fingerprint density at radius 3 is 2.05 bits per heavy atom. The summed E-state index contributed by atoms with van der Waals surface area (Å²) in [6.07, 6.45) is -4.87. The number of carbonyl (C=O) groups excluding carboxylic acids is 4.